The van der Waals surface area contributed by atoms with Gasteiger partial charge in [-0.15, -0.1) is 0 Å². The minimum absolute atomic E-state index is 0.115. The van der Waals surface area contributed by atoms with Crippen LogP contribution in [0.4, 0.5) is 0 Å². The summed E-state index contributed by atoms with van der Waals surface area (Å²) in [4.78, 5) is 30.8. The van der Waals surface area contributed by atoms with Gasteiger partial charge in [0.25, 0.3) is 0 Å². The summed E-state index contributed by atoms with van der Waals surface area (Å²) in [7, 11) is 0. The van der Waals surface area contributed by atoms with Gasteiger partial charge < -0.3 is 9.47 Å². The van der Waals surface area contributed by atoms with Crippen LogP contribution >= 0.6 is 0 Å². The van der Waals surface area contributed by atoms with Gasteiger partial charge in [-0.3, -0.25) is 9.79 Å². The molecule has 0 bridgehead atoms. The molecule has 2 atom stereocenters. The molecule has 0 saturated heterocycles. The van der Waals surface area contributed by atoms with Crippen molar-refractivity contribution in [1.29, 1.82) is 0 Å². The molecule has 1 unspecified atom stereocenters. The third-order valence-corrected chi connectivity index (χ3v) is 5.86. The standard InChI is InChI=1S/C25H33NO4/c1-6-8-13-30-18-11-9-17(10-12-18)22-21(24(28)29-7-2)16(3)26-19-14-25(4,5)15-20(27)23(19)22/h9-12,22-23H,6-8,13-15H2,1-5H3/t22-,23?/m1/s1. The number of hydrogen-bond donors (Lipinski definition) is 0. The maximum Gasteiger partial charge on any atom is 0.336 e. The van der Waals surface area contributed by atoms with E-state index in [4.69, 9.17) is 14.5 Å². The predicted octanol–water partition coefficient (Wildman–Crippen LogP) is 5.25. The summed E-state index contributed by atoms with van der Waals surface area (Å²) < 4.78 is 11.1. The lowest BCUT2D eigenvalue weighted by atomic mass is 9.63. The number of nitrogens with zero attached hydrogens (tertiary/aromatic N) is 1. The zero-order valence-corrected chi connectivity index (χ0v) is 18.8. The molecule has 0 radical (unpaired) electrons. The molecule has 162 valence electrons. The van der Waals surface area contributed by atoms with E-state index in [2.05, 4.69) is 20.8 Å². The number of allylic oxidation sites excluding steroid dienone is 1. The van der Waals surface area contributed by atoms with Crippen LogP contribution in [-0.4, -0.2) is 30.7 Å². The number of rotatable bonds is 7. The number of Topliss-reactive ketones (excluding diaryl/α,β-unsaturated/α-hetero) is 1. The van der Waals surface area contributed by atoms with Crippen molar-refractivity contribution in [2.24, 2.45) is 16.3 Å². The number of hydrogen-bond acceptors (Lipinski definition) is 5. The first-order valence-corrected chi connectivity index (χ1v) is 11.0. The van der Waals surface area contributed by atoms with Crippen molar-refractivity contribution in [3.05, 3.63) is 41.1 Å². The van der Waals surface area contributed by atoms with Crippen molar-refractivity contribution < 1.29 is 19.1 Å². The predicted molar refractivity (Wildman–Crippen MR) is 118 cm³/mol. The van der Waals surface area contributed by atoms with Crippen molar-refractivity contribution in [3.8, 4) is 5.75 Å². The van der Waals surface area contributed by atoms with Gasteiger partial charge >= 0.3 is 5.97 Å². The fourth-order valence-electron chi connectivity index (χ4n) is 4.53. The SMILES string of the molecule is CCCCOc1ccc([C@@H]2C(C(=O)OCC)=C(C)N=C3CC(C)(C)CC(=O)C32)cc1. The summed E-state index contributed by atoms with van der Waals surface area (Å²) in [5.41, 5.74) is 2.84. The van der Waals surface area contributed by atoms with E-state index in [0.29, 0.717) is 24.3 Å². The Kier molecular flexibility index (Phi) is 6.79. The smallest absolute Gasteiger partial charge is 0.336 e. The van der Waals surface area contributed by atoms with Crippen molar-refractivity contribution in [2.45, 2.75) is 66.2 Å². The maximum atomic E-state index is 13.2. The molecule has 2 aliphatic rings. The van der Waals surface area contributed by atoms with Gasteiger partial charge in [0.05, 0.1) is 24.7 Å². The Labute approximate surface area is 179 Å². The highest BCUT2D eigenvalue weighted by Gasteiger charge is 2.47. The van der Waals surface area contributed by atoms with E-state index in [-0.39, 0.29) is 29.7 Å². The number of esters is 1. The van der Waals surface area contributed by atoms with Gasteiger partial charge in [-0.25, -0.2) is 4.79 Å². The summed E-state index contributed by atoms with van der Waals surface area (Å²) in [5, 5.41) is 0. The van der Waals surface area contributed by atoms with Crippen LogP contribution in [0.5, 0.6) is 5.75 Å². The van der Waals surface area contributed by atoms with E-state index in [1.54, 1.807) is 6.92 Å². The highest BCUT2D eigenvalue weighted by molar-refractivity contribution is 6.12. The maximum absolute atomic E-state index is 13.2. The van der Waals surface area contributed by atoms with Gasteiger partial charge in [0.15, 0.2) is 0 Å². The van der Waals surface area contributed by atoms with Crippen molar-refractivity contribution in [3.63, 3.8) is 0 Å². The zero-order valence-electron chi connectivity index (χ0n) is 18.8. The lowest BCUT2D eigenvalue weighted by molar-refractivity contribution is -0.139. The summed E-state index contributed by atoms with van der Waals surface area (Å²) in [6, 6.07) is 7.78. The quantitative estimate of drug-likeness (QED) is 0.454. The third kappa shape index (κ3) is 4.66. The van der Waals surface area contributed by atoms with Gasteiger partial charge in [-0.05, 0) is 49.8 Å². The number of ether oxygens (including phenoxy) is 2. The van der Waals surface area contributed by atoms with Crippen LogP contribution in [0.1, 0.15) is 71.8 Å². The number of unbranched alkanes of at least 4 members (excludes halogenated alkanes) is 1. The van der Waals surface area contributed by atoms with Crippen molar-refractivity contribution in [2.75, 3.05) is 13.2 Å². The molecule has 0 spiro atoms. The highest BCUT2D eigenvalue weighted by atomic mass is 16.5. The molecular formula is C25H33NO4. The monoisotopic (exact) mass is 411 g/mol. The van der Waals surface area contributed by atoms with Crippen molar-refractivity contribution >= 4 is 17.5 Å². The van der Waals surface area contributed by atoms with E-state index in [9.17, 15) is 9.59 Å². The molecule has 30 heavy (non-hydrogen) atoms. The Hall–Kier alpha value is -2.43. The minimum Gasteiger partial charge on any atom is -0.494 e. The Bertz CT molecular complexity index is 864. The zero-order chi connectivity index (χ0) is 21.9. The Morgan fingerprint density at radius 1 is 1.13 bits per heavy atom. The first-order chi connectivity index (χ1) is 14.3. The molecule has 0 amide bonds. The lowest BCUT2D eigenvalue weighted by Gasteiger charge is -2.41. The molecule has 1 aromatic rings. The second-order valence-corrected chi connectivity index (χ2v) is 9.03. The Morgan fingerprint density at radius 2 is 1.83 bits per heavy atom. The number of ketones is 1. The highest BCUT2D eigenvalue weighted by Crippen LogP contribution is 2.47. The van der Waals surface area contributed by atoms with Crippen LogP contribution in [0.25, 0.3) is 0 Å². The molecule has 5 nitrogen and oxygen atoms in total. The van der Waals surface area contributed by atoms with Crippen LogP contribution in [0.3, 0.4) is 0 Å². The van der Waals surface area contributed by atoms with Crippen LogP contribution in [-0.2, 0) is 14.3 Å². The normalized spacial score (nSPS) is 23.0. The molecule has 1 fully saturated rings. The second kappa shape index (κ2) is 9.15. The fraction of sp³-hybridized carbons (Fsp3) is 0.560. The topological polar surface area (TPSA) is 65.0 Å². The molecule has 1 heterocycles. The molecule has 3 rings (SSSR count). The lowest BCUT2D eigenvalue weighted by Crippen LogP contribution is -2.44. The van der Waals surface area contributed by atoms with Crippen molar-refractivity contribution in [1.82, 2.24) is 0 Å². The summed E-state index contributed by atoms with van der Waals surface area (Å²) in [6.45, 7) is 10.9. The number of carbonyl (C=O) groups excluding carboxylic acids is 2. The van der Waals surface area contributed by atoms with E-state index >= 15 is 0 Å². The Balaban J connectivity index is 2.01. The molecule has 5 heteroatoms. The fourth-order valence-corrected chi connectivity index (χ4v) is 4.53. The summed E-state index contributed by atoms with van der Waals surface area (Å²) >= 11 is 0. The molecular weight excluding hydrogens is 378 g/mol. The number of benzene rings is 1. The van der Waals surface area contributed by atoms with Gasteiger partial charge in [0.2, 0.25) is 0 Å². The van der Waals surface area contributed by atoms with Gasteiger partial charge in [-0.1, -0.05) is 39.3 Å². The second-order valence-electron chi connectivity index (χ2n) is 9.03. The van der Waals surface area contributed by atoms with E-state index in [0.717, 1.165) is 36.3 Å². The third-order valence-electron chi connectivity index (χ3n) is 5.86. The number of carbonyl (C=O) groups is 2. The van der Waals surface area contributed by atoms with Gasteiger partial charge in [0.1, 0.15) is 11.5 Å². The van der Waals surface area contributed by atoms with Crippen LogP contribution in [0.15, 0.2) is 40.5 Å². The molecule has 0 aromatic heterocycles. The van der Waals surface area contributed by atoms with Crippen LogP contribution < -0.4 is 4.74 Å². The average molecular weight is 412 g/mol. The van der Waals surface area contributed by atoms with E-state index in [1.165, 1.54) is 0 Å². The number of fused-ring (bicyclic) bond motifs is 1. The molecule has 0 N–H and O–H groups in total. The molecule has 1 saturated carbocycles. The van der Waals surface area contributed by atoms with E-state index < -0.39 is 5.92 Å². The van der Waals surface area contributed by atoms with Crippen LogP contribution in [0.2, 0.25) is 0 Å². The van der Waals surface area contributed by atoms with Gasteiger partial charge in [-0.2, -0.15) is 0 Å². The average Bonchev–Trinajstić information content (AvgIpc) is 2.67. The summed E-state index contributed by atoms with van der Waals surface area (Å²) in [6.07, 6.45) is 3.33. The van der Waals surface area contributed by atoms with E-state index in [1.807, 2.05) is 31.2 Å². The first-order valence-electron chi connectivity index (χ1n) is 11.0. The Morgan fingerprint density at radius 3 is 2.47 bits per heavy atom. The molecule has 1 aliphatic heterocycles. The molecule has 1 aromatic carbocycles. The largest absolute Gasteiger partial charge is 0.494 e. The van der Waals surface area contributed by atoms with Gasteiger partial charge in [0, 0.05) is 23.7 Å². The minimum atomic E-state index is -0.409. The number of aliphatic imine (C=N–C) groups is 1. The first kappa shape index (κ1) is 22.3. The summed E-state index contributed by atoms with van der Waals surface area (Å²) in [5.74, 6) is -0.222. The van der Waals surface area contributed by atoms with Crippen LogP contribution in [0, 0.1) is 11.3 Å². The molecule has 1 aliphatic carbocycles.